The summed E-state index contributed by atoms with van der Waals surface area (Å²) in [7, 11) is 0. The molecule has 16 heavy (non-hydrogen) atoms. The molecule has 0 radical (unpaired) electrons. The lowest BCUT2D eigenvalue weighted by atomic mass is 9.92. The third kappa shape index (κ3) is 1.54. The second-order valence-electron chi connectivity index (χ2n) is 6.26. The molecule has 3 fully saturated rings. The fourth-order valence-corrected chi connectivity index (χ4v) is 4.31. The van der Waals surface area contributed by atoms with E-state index < -0.39 is 0 Å². The molecule has 3 rings (SSSR count). The lowest BCUT2D eigenvalue weighted by Crippen LogP contribution is -2.50. The monoisotopic (exact) mass is 221 g/mol. The van der Waals surface area contributed by atoms with E-state index in [2.05, 4.69) is 18.7 Å². The average molecular weight is 221 g/mol. The van der Waals surface area contributed by atoms with Gasteiger partial charge in [0, 0.05) is 31.0 Å². The predicted octanol–water partition coefficient (Wildman–Crippen LogP) is 2.62. The Morgan fingerprint density at radius 3 is 2.12 bits per heavy atom. The third-order valence-corrected chi connectivity index (χ3v) is 5.41. The second-order valence-corrected chi connectivity index (χ2v) is 6.26. The van der Waals surface area contributed by atoms with Crippen LogP contribution in [-0.2, 0) is 4.79 Å². The van der Waals surface area contributed by atoms with Crippen LogP contribution in [0.2, 0.25) is 0 Å². The smallest absolute Gasteiger partial charge is 0.136 e. The molecule has 0 aromatic heterocycles. The first-order valence-electron chi connectivity index (χ1n) is 6.96. The van der Waals surface area contributed by atoms with Crippen LogP contribution in [0.3, 0.4) is 0 Å². The molecule has 1 saturated carbocycles. The Bertz CT molecular complexity index is 285. The van der Waals surface area contributed by atoms with Crippen molar-refractivity contribution in [2.45, 2.75) is 70.5 Å². The zero-order valence-corrected chi connectivity index (χ0v) is 10.5. The average Bonchev–Trinajstić information content (AvgIpc) is 2.69. The molecule has 0 N–H and O–H groups in total. The van der Waals surface area contributed by atoms with Gasteiger partial charge in [0.1, 0.15) is 5.78 Å². The summed E-state index contributed by atoms with van der Waals surface area (Å²) in [6.07, 6.45) is 6.98. The van der Waals surface area contributed by atoms with Crippen LogP contribution < -0.4 is 0 Å². The molecule has 2 nitrogen and oxygen atoms in total. The van der Waals surface area contributed by atoms with Crippen molar-refractivity contribution in [3.63, 3.8) is 0 Å². The van der Waals surface area contributed by atoms with E-state index in [1.807, 2.05) is 0 Å². The van der Waals surface area contributed by atoms with E-state index >= 15 is 0 Å². The summed E-state index contributed by atoms with van der Waals surface area (Å²) in [5.74, 6) is 2.22. The van der Waals surface area contributed by atoms with Crippen molar-refractivity contribution in [2.24, 2.45) is 11.8 Å². The first-order chi connectivity index (χ1) is 7.66. The molecule has 0 aromatic rings. The van der Waals surface area contributed by atoms with Gasteiger partial charge in [-0.3, -0.25) is 9.69 Å². The van der Waals surface area contributed by atoms with E-state index in [-0.39, 0.29) is 0 Å². The van der Waals surface area contributed by atoms with Gasteiger partial charge in [0.15, 0.2) is 0 Å². The van der Waals surface area contributed by atoms with Crippen molar-refractivity contribution in [3.05, 3.63) is 0 Å². The summed E-state index contributed by atoms with van der Waals surface area (Å²) in [6, 6.07) is 1.98. The number of hydrogen-bond acceptors (Lipinski definition) is 2. The molecular weight excluding hydrogens is 198 g/mol. The number of carbonyl (C=O) groups is 1. The summed E-state index contributed by atoms with van der Waals surface area (Å²) in [4.78, 5) is 14.3. The standard InChI is InChI=1S/C14H23NO/c1-9-3-6-14(10(9)2)15-11-4-5-12(15)8-13(16)7-11/h9-12,14H,3-8H2,1-2H3. The maximum atomic E-state index is 11.6. The number of carbonyl (C=O) groups excluding carboxylic acids is 1. The molecule has 2 bridgehead atoms. The fraction of sp³-hybridized carbons (Fsp3) is 0.929. The highest BCUT2D eigenvalue weighted by molar-refractivity contribution is 5.81. The lowest BCUT2D eigenvalue weighted by Gasteiger charge is -2.41. The van der Waals surface area contributed by atoms with Gasteiger partial charge in [0.25, 0.3) is 0 Å². The van der Waals surface area contributed by atoms with Gasteiger partial charge in [-0.15, -0.1) is 0 Å². The van der Waals surface area contributed by atoms with Crippen molar-refractivity contribution in [1.29, 1.82) is 0 Å². The zero-order valence-electron chi connectivity index (χ0n) is 10.5. The van der Waals surface area contributed by atoms with Crippen LogP contribution in [-0.4, -0.2) is 28.8 Å². The summed E-state index contributed by atoms with van der Waals surface area (Å²) >= 11 is 0. The van der Waals surface area contributed by atoms with E-state index in [1.54, 1.807) is 0 Å². The highest BCUT2D eigenvalue weighted by Crippen LogP contribution is 2.43. The van der Waals surface area contributed by atoms with Crippen LogP contribution in [0.15, 0.2) is 0 Å². The zero-order chi connectivity index (χ0) is 11.3. The molecule has 3 aliphatic rings. The normalized spacial score (nSPS) is 48.9. The number of ketones is 1. The molecule has 5 atom stereocenters. The van der Waals surface area contributed by atoms with Crippen LogP contribution in [0.1, 0.15) is 52.4 Å². The number of fused-ring (bicyclic) bond motifs is 2. The van der Waals surface area contributed by atoms with Gasteiger partial charge in [-0.1, -0.05) is 13.8 Å². The molecule has 2 aliphatic heterocycles. The predicted molar refractivity (Wildman–Crippen MR) is 64.2 cm³/mol. The Kier molecular flexibility index (Phi) is 2.58. The van der Waals surface area contributed by atoms with E-state index in [0.717, 1.165) is 30.7 Å². The molecule has 2 saturated heterocycles. The quantitative estimate of drug-likeness (QED) is 0.678. The molecular formula is C14H23NO. The second kappa shape index (κ2) is 3.83. The van der Waals surface area contributed by atoms with Crippen molar-refractivity contribution in [2.75, 3.05) is 0 Å². The topological polar surface area (TPSA) is 20.3 Å². The van der Waals surface area contributed by atoms with Crippen LogP contribution in [0.25, 0.3) is 0 Å². The Morgan fingerprint density at radius 1 is 1.00 bits per heavy atom. The maximum Gasteiger partial charge on any atom is 0.136 e. The molecule has 2 heteroatoms. The molecule has 90 valence electrons. The van der Waals surface area contributed by atoms with Gasteiger partial charge in [-0.05, 0) is 37.5 Å². The summed E-state index contributed by atoms with van der Waals surface area (Å²) in [5.41, 5.74) is 0. The molecule has 0 spiro atoms. The van der Waals surface area contributed by atoms with E-state index in [9.17, 15) is 4.79 Å². The van der Waals surface area contributed by atoms with Crippen molar-refractivity contribution in [1.82, 2.24) is 4.90 Å². The fourth-order valence-electron chi connectivity index (χ4n) is 4.31. The Hall–Kier alpha value is -0.370. The van der Waals surface area contributed by atoms with Crippen molar-refractivity contribution < 1.29 is 4.79 Å². The van der Waals surface area contributed by atoms with Gasteiger partial charge in [0.2, 0.25) is 0 Å². The number of nitrogens with zero attached hydrogens (tertiary/aromatic N) is 1. The highest BCUT2D eigenvalue weighted by Gasteiger charge is 2.46. The maximum absolute atomic E-state index is 11.6. The SMILES string of the molecule is CC1CCC(N2C3CCC2CC(=O)C3)C1C. The summed E-state index contributed by atoms with van der Waals surface area (Å²) in [6.45, 7) is 4.81. The van der Waals surface area contributed by atoms with Gasteiger partial charge in [0.05, 0.1) is 0 Å². The van der Waals surface area contributed by atoms with Crippen LogP contribution in [0.4, 0.5) is 0 Å². The number of rotatable bonds is 1. The summed E-state index contributed by atoms with van der Waals surface area (Å²) < 4.78 is 0. The van der Waals surface area contributed by atoms with Crippen LogP contribution in [0.5, 0.6) is 0 Å². The minimum absolute atomic E-state index is 0.516. The molecule has 0 aromatic carbocycles. The minimum Gasteiger partial charge on any atom is -0.300 e. The number of hydrogen-bond donors (Lipinski definition) is 0. The van der Waals surface area contributed by atoms with Crippen LogP contribution in [0, 0.1) is 11.8 Å². The van der Waals surface area contributed by atoms with Gasteiger partial charge >= 0.3 is 0 Å². The van der Waals surface area contributed by atoms with E-state index in [4.69, 9.17) is 0 Å². The molecule has 2 heterocycles. The Balaban J connectivity index is 1.78. The number of piperidine rings is 1. The van der Waals surface area contributed by atoms with Crippen LogP contribution >= 0.6 is 0 Å². The van der Waals surface area contributed by atoms with Gasteiger partial charge in [-0.2, -0.15) is 0 Å². The van der Waals surface area contributed by atoms with Crippen molar-refractivity contribution >= 4 is 5.78 Å². The van der Waals surface area contributed by atoms with Gasteiger partial charge < -0.3 is 0 Å². The van der Waals surface area contributed by atoms with E-state index in [0.29, 0.717) is 17.9 Å². The van der Waals surface area contributed by atoms with E-state index in [1.165, 1.54) is 25.7 Å². The molecule has 5 unspecified atom stereocenters. The molecule has 1 aliphatic carbocycles. The lowest BCUT2D eigenvalue weighted by molar-refractivity contribution is -0.124. The highest BCUT2D eigenvalue weighted by atomic mass is 16.1. The Labute approximate surface area is 98.4 Å². The van der Waals surface area contributed by atoms with Gasteiger partial charge in [-0.25, -0.2) is 0 Å². The molecule has 0 amide bonds. The summed E-state index contributed by atoms with van der Waals surface area (Å²) in [5, 5.41) is 0. The largest absolute Gasteiger partial charge is 0.300 e. The third-order valence-electron chi connectivity index (χ3n) is 5.41. The number of Topliss-reactive ketones (excluding diaryl/α,β-unsaturated/α-hetero) is 1. The Morgan fingerprint density at radius 2 is 1.62 bits per heavy atom. The van der Waals surface area contributed by atoms with Crippen molar-refractivity contribution in [3.8, 4) is 0 Å². The minimum atomic E-state index is 0.516. The first-order valence-corrected chi connectivity index (χ1v) is 6.96. The first kappa shape index (κ1) is 10.8.